The Hall–Kier alpha value is -0.370. The summed E-state index contributed by atoms with van der Waals surface area (Å²) in [6.45, 7) is 3.59. The zero-order chi connectivity index (χ0) is 9.54. The zero-order valence-corrected chi connectivity index (χ0v) is 8.69. The highest BCUT2D eigenvalue weighted by Crippen LogP contribution is 2.54. The van der Waals surface area contributed by atoms with E-state index in [1.807, 2.05) is 0 Å². The van der Waals surface area contributed by atoms with E-state index in [9.17, 15) is 4.79 Å². The molecule has 3 fully saturated rings. The molecule has 0 aromatic rings. The highest BCUT2D eigenvalue weighted by Gasteiger charge is 2.51. The summed E-state index contributed by atoms with van der Waals surface area (Å²) in [7, 11) is 0. The quantitative estimate of drug-likeness (QED) is 0.634. The van der Waals surface area contributed by atoms with Gasteiger partial charge in [0.25, 0.3) is 0 Å². The molecule has 0 aromatic carbocycles. The van der Waals surface area contributed by atoms with Gasteiger partial charge in [0.05, 0.1) is 0 Å². The van der Waals surface area contributed by atoms with Gasteiger partial charge in [0.1, 0.15) is 6.29 Å². The Labute approximate surface area is 85.7 Å². The molecule has 1 aliphatic heterocycles. The fraction of sp³-hybridized carbons (Fsp3) is 0.917. The number of carbonyl (C=O) groups excluding carboxylic acids is 1. The normalized spacial score (nSPS) is 45.7. The van der Waals surface area contributed by atoms with Crippen molar-refractivity contribution in [2.75, 3.05) is 19.6 Å². The molecule has 2 heteroatoms. The number of likely N-dealkylation sites (tertiary alicyclic amines) is 1. The smallest absolute Gasteiger partial charge is 0.121 e. The van der Waals surface area contributed by atoms with Gasteiger partial charge in [-0.05, 0) is 42.9 Å². The van der Waals surface area contributed by atoms with E-state index >= 15 is 0 Å². The van der Waals surface area contributed by atoms with Crippen LogP contribution >= 0.6 is 0 Å². The molecule has 2 aliphatic carbocycles. The highest BCUT2D eigenvalue weighted by molar-refractivity contribution is 5.49. The van der Waals surface area contributed by atoms with Gasteiger partial charge in [0.15, 0.2) is 0 Å². The van der Waals surface area contributed by atoms with Crippen LogP contribution in [-0.2, 0) is 4.79 Å². The SMILES string of the molecule is O=CCCN1C[C@@H]2C3CCC(C3)[C@@H]2C1. The number of nitrogens with zero attached hydrogens (tertiary/aromatic N) is 1. The molecule has 0 amide bonds. The minimum Gasteiger partial charge on any atom is -0.303 e. The Bertz CT molecular complexity index is 222. The molecule has 4 atom stereocenters. The van der Waals surface area contributed by atoms with Crippen LogP contribution in [-0.4, -0.2) is 30.8 Å². The topological polar surface area (TPSA) is 20.3 Å². The standard InChI is InChI=1S/C12H19NO/c14-5-1-4-13-7-11-9-2-3-10(6-9)12(11)8-13/h5,9-12H,1-4,6-8H2/t9?,10?,11-,12+. The van der Waals surface area contributed by atoms with E-state index in [1.54, 1.807) is 0 Å². The molecule has 3 aliphatic rings. The maximum absolute atomic E-state index is 10.3. The van der Waals surface area contributed by atoms with Crippen molar-refractivity contribution in [2.45, 2.75) is 25.7 Å². The molecule has 0 N–H and O–H groups in total. The summed E-state index contributed by atoms with van der Waals surface area (Å²) in [6, 6.07) is 0. The first kappa shape index (κ1) is 8.90. The third-order valence-electron chi connectivity index (χ3n) is 4.78. The van der Waals surface area contributed by atoms with Gasteiger partial charge in [-0.3, -0.25) is 0 Å². The second kappa shape index (κ2) is 3.34. The Morgan fingerprint density at radius 1 is 1.14 bits per heavy atom. The molecular formula is C12H19NO. The minimum absolute atomic E-state index is 0.731. The van der Waals surface area contributed by atoms with E-state index in [2.05, 4.69) is 4.90 Å². The summed E-state index contributed by atoms with van der Waals surface area (Å²) in [5.41, 5.74) is 0. The van der Waals surface area contributed by atoms with Crippen molar-refractivity contribution in [3.63, 3.8) is 0 Å². The summed E-state index contributed by atoms with van der Waals surface area (Å²) >= 11 is 0. The van der Waals surface area contributed by atoms with Crippen molar-refractivity contribution in [3.8, 4) is 0 Å². The molecule has 3 rings (SSSR count). The van der Waals surface area contributed by atoms with Gasteiger partial charge in [-0.15, -0.1) is 0 Å². The largest absolute Gasteiger partial charge is 0.303 e. The molecule has 2 unspecified atom stereocenters. The highest BCUT2D eigenvalue weighted by atomic mass is 16.1. The van der Waals surface area contributed by atoms with Gasteiger partial charge >= 0.3 is 0 Å². The van der Waals surface area contributed by atoms with Crippen LogP contribution in [0.5, 0.6) is 0 Å². The van der Waals surface area contributed by atoms with Crippen molar-refractivity contribution in [3.05, 3.63) is 0 Å². The molecule has 2 saturated carbocycles. The van der Waals surface area contributed by atoms with E-state index in [4.69, 9.17) is 0 Å². The number of aldehydes is 1. The molecule has 1 heterocycles. The van der Waals surface area contributed by atoms with E-state index in [1.165, 1.54) is 32.4 Å². The fourth-order valence-corrected chi connectivity index (χ4v) is 4.19. The Kier molecular flexibility index (Phi) is 2.12. The van der Waals surface area contributed by atoms with E-state index in [0.29, 0.717) is 0 Å². The monoisotopic (exact) mass is 193 g/mol. The maximum Gasteiger partial charge on any atom is 0.121 e. The lowest BCUT2D eigenvalue weighted by Gasteiger charge is -2.22. The van der Waals surface area contributed by atoms with Crippen molar-refractivity contribution in [1.82, 2.24) is 4.90 Å². The minimum atomic E-state index is 0.731. The van der Waals surface area contributed by atoms with Crippen LogP contribution in [0.4, 0.5) is 0 Å². The number of hydrogen-bond acceptors (Lipinski definition) is 2. The van der Waals surface area contributed by atoms with Gasteiger partial charge in [-0.2, -0.15) is 0 Å². The van der Waals surface area contributed by atoms with Crippen molar-refractivity contribution < 1.29 is 4.79 Å². The Balaban J connectivity index is 1.62. The first-order chi connectivity index (χ1) is 6.88. The van der Waals surface area contributed by atoms with Gasteiger partial charge < -0.3 is 9.69 Å². The Morgan fingerprint density at radius 3 is 2.36 bits per heavy atom. The van der Waals surface area contributed by atoms with Gasteiger partial charge in [0, 0.05) is 26.1 Å². The summed E-state index contributed by atoms with van der Waals surface area (Å²) in [6.07, 6.45) is 6.30. The molecular weight excluding hydrogens is 174 g/mol. The zero-order valence-electron chi connectivity index (χ0n) is 8.69. The van der Waals surface area contributed by atoms with Crippen molar-refractivity contribution in [1.29, 1.82) is 0 Å². The number of rotatable bonds is 3. The van der Waals surface area contributed by atoms with Crippen LogP contribution in [0.1, 0.15) is 25.7 Å². The average Bonchev–Trinajstić information content (AvgIpc) is 2.85. The van der Waals surface area contributed by atoms with Crippen molar-refractivity contribution in [2.24, 2.45) is 23.7 Å². The summed E-state index contributed by atoms with van der Waals surface area (Å²) in [4.78, 5) is 12.8. The lowest BCUT2D eigenvalue weighted by Crippen LogP contribution is -2.24. The van der Waals surface area contributed by atoms with Crippen LogP contribution < -0.4 is 0 Å². The Morgan fingerprint density at radius 2 is 1.79 bits per heavy atom. The van der Waals surface area contributed by atoms with Crippen LogP contribution in [0.2, 0.25) is 0 Å². The maximum atomic E-state index is 10.3. The number of carbonyl (C=O) groups is 1. The van der Waals surface area contributed by atoms with Crippen LogP contribution in [0, 0.1) is 23.7 Å². The fourth-order valence-electron chi connectivity index (χ4n) is 4.19. The molecule has 0 radical (unpaired) electrons. The van der Waals surface area contributed by atoms with E-state index in [0.717, 1.165) is 42.9 Å². The predicted octanol–water partition coefficient (Wildman–Crippen LogP) is 1.55. The number of hydrogen-bond donors (Lipinski definition) is 0. The molecule has 14 heavy (non-hydrogen) atoms. The van der Waals surface area contributed by atoms with Gasteiger partial charge in [-0.1, -0.05) is 0 Å². The molecule has 0 spiro atoms. The van der Waals surface area contributed by atoms with Gasteiger partial charge in [0.2, 0.25) is 0 Å². The van der Waals surface area contributed by atoms with Crippen LogP contribution in [0.3, 0.4) is 0 Å². The predicted molar refractivity (Wildman–Crippen MR) is 54.9 cm³/mol. The molecule has 0 aromatic heterocycles. The van der Waals surface area contributed by atoms with E-state index in [-0.39, 0.29) is 0 Å². The first-order valence-corrected chi connectivity index (χ1v) is 6.04. The summed E-state index contributed by atoms with van der Waals surface area (Å²) in [5.74, 6) is 4.10. The lowest BCUT2D eigenvalue weighted by molar-refractivity contribution is -0.108. The molecule has 2 bridgehead atoms. The third kappa shape index (κ3) is 1.23. The third-order valence-corrected chi connectivity index (χ3v) is 4.78. The van der Waals surface area contributed by atoms with Crippen LogP contribution in [0.25, 0.3) is 0 Å². The summed E-state index contributed by atoms with van der Waals surface area (Å²) < 4.78 is 0. The first-order valence-electron chi connectivity index (χ1n) is 6.04. The van der Waals surface area contributed by atoms with Crippen molar-refractivity contribution >= 4 is 6.29 Å². The molecule has 78 valence electrons. The second-order valence-electron chi connectivity index (χ2n) is 5.38. The average molecular weight is 193 g/mol. The second-order valence-corrected chi connectivity index (χ2v) is 5.38. The van der Waals surface area contributed by atoms with E-state index < -0.39 is 0 Å². The molecule has 2 nitrogen and oxygen atoms in total. The lowest BCUT2D eigenvalue weighted by atomic mass is 9.82. The summed E-state index contributed by atoms with van der Waals surface area (Å²) in [5, 5.41) is 0. The van der Waals surface area contributed by atoms with Gasteiger partial charge in [-0.25, -0.2) is 0 Å². The van der Waals surface area contributed by atoms with Crippen LogP contribution in [0.15, 0.2) is 0 Å². The molecule has 1 saturated heterocycles. The number of fused-ring (bicyclic) bond motifs is 5.